The fraction of sp³-hybridized carbons (Fsp3) is 0.917. The second kappa shape index (κ2) is 7.63. The minimum atomic E-state index is -0.327. The van der Waals surface area contributed by atoms with Gasteiger partial charge in [-0.1, -0.05) is 27.7 Å². The molecule has 96 valence electrons. The molecule has 0 bridgehead atoms. The van der Waals surface area contributed by atoms with Gasteiger partial charge in [0.2, 0.25) is 5.91 Å². The Morgan fingerprint density at radius 1 is 1.25 bits per heavy atom. The number of hydrogen-bond donors (Lipinski definition) is 2. The predicted molar refractivity (Wildman–Crippen MR) is 66.3 cm³/mol. The fourth-order valence-electron chi connectivity index (χ4n) is 1.39. The Balaban J connectivity index is 3.81. The Kier molecular flexibility index (Phi) is 7.34. The van der Waals surface area contributed by atoms with Crippen LogP contribution in [0.5, 0.6) is 0 Å². The maximum atomic E-state index is 11.6. The van der Waals surface area contributed by atoms with E-state index in [9.17, 15) is 4.79 Å². The smallest absolute Gasteiger partial charge is 0.225 e. The van der Waals surface area contributed by atoms with Gasteiger partial charge in [-0.15, -0.1) is 0 Å². The number of aliphatic hydroxyl groups is 1. The molecule has 0 aromatic carbocycles. The summed E-state index contributed by atoms with van der Waals surface area (Å²) in [5.41, 5.74) is -0.327. The maximum absolute atomic E-state index is 11.6. The van der Waals surface area contributed by atoms with Gasteiger partial charge in [-0.3, -0.25) is 9.69 Å². The van der Waals surface area contributed by atoms with Crippen LogP contribution >= 0.6 is 0 Å². The van der Waals surface area contributed by atoms with Crippen LogP contribution in [0.2, 0.25) is 0 Å². The lowest BCUT2D eigenvalue weighted by Crippen LogP contribution is -2.40. The van der Waals surface area contributed by atoms with Crippen LogP contribution in [0, 0.1) is 5.41 Å². The van der Waals surface area contributed by atoms with Crippen LogP contribution in [0.3, 0.4) is 0 Å². The molecule has 2 N–H and O–H groups in total. The van der Waals surface area contributed by atoms with Crippen LogP contribution in [-0.2, 0) is 4.79 Å². The summed E-state index contributed by atoms with van der Waals surface area (Å²) in [7, 11) is 0. The van der Waals surface area contributed by atoms with Gasteiger partial charge in [0.1, 0.15) is 0 Å². The minimum Gasteiger partial charge on any atom is -0.395 e. The highest BCUT2D eigenvalue weighted by molar-refractivity contribution is 5.81. The van der Waals surface area contributed by atoms with Gasteiger partial charge in [0.25, 0.3) is 0 Å². The zero-order valence-corrected chi connectivity index (χ0v) is 11.0. The van der Waals surface area contributed by atoms with Gasteiger partial charge < -0.3 is 10.4 Å². The first-order valence-electron chi connectivity index (χ1n) is 6.03. The van der Waals surface area contributed by atoms with Gasteiger partial charge >= 0.3 is 0 Å². The van der Waals surface area contributed by atoms with E-state index in [4.69, 9.17) is 5.11 Å². The number of hydrogen-bond acceptors (Lipinski definition) is 3. The molecular weight excluding hydrogens is 204 g/mol. The van der Waals surface area contributed by atoms with Gasteiger partial charge in [0.15, 0.2) is 0 Å². The van der Waals surface area contributed by atoms with E-state index in [-0.39, 0.29) is 17.9 Å². The van der Waals surface area contributed by atoms with E-state index in [0.717, 1.165) is 19.5 Å². The maximum Gasteiger partial charge on any atom is 0.225 e. The Bertz CT molecular complexity index is 194. The lowest BCUT2D eigenvalue weighted by atomic mass is 9.96. The average molecular weight is 230 g/mol. The van der Waals surface area contributed by atoms with E-state index in [0.29, 0.717) is 13.1 Å². The van der Waals surface area contributed by atoms with Crippen LogP contribution in [0.4, 0.5) is 0 Å². The third-order valence-electron chi connectivity index (χ3n) is 2.35. The molecule has 0 aliphatic rings. The van der Waals surface area contributed by atoms with Gasteiger partial charge in [0, 0.05) is 25.0 Å². The Morgan fingerprint density at radius 2 is 1.88 bits per heavy atom. The van der Waals surface area contributed by atoms with E-state index in [1.54, 1.807) is 0 Å². The van der Waals surface area contributed by atoms with Gasteiger partial charge in [-0.05, 0) is 13.0 Å². The zero-order chi connectivity index (χ0) is 12.6. The molecule has 4 nitrogen and oxygen atoms in total. The van der Waals surface area contributed by atoms with E-state index in [2.05, 4.69) is 17.1 Å². The first kappa shape index (κ1) is 15.4. The Morgan fingerprint density at radius 3 is 2.31 bits per heavy atom. The monoisotopic (exact) mass is 230 g/mol. The molecule has 0 unspecified atom stereocenters. The van der Waals surface area contributed by atoms with Crippen molar-refractivity contribution in [1.82, 2.24) is 10.2 Å². The Labute approximate surface area is 99.0 Å². The van der Waals surface area contributed by atoms with Crippen LogP contribution < -0.4 is 5.32 Å². The molecule has 4 heteroatoms. The number of nitrogens with zero attached hydrogens (tertiary/aromatic N) is 1. The SMILES string of the molecule is CCCN(CCO)CCNC(=O)C(C)(C)C. The number of rotatable bonds is 7. The minimum absolute atomic E-state index is 0.0768. The van der Waals surface area contributed by atoms with Crippen molar-refractivity contribution in [1.29, 1.82) is 0 Å². The normalized spacial score (nSPS) is 11.9. The lowest BCUT2D eigenvalue weighted by Gasteiger charge is -2.22. The van der Waals surface area contributed by atoms with Crippen molar-refractivity contribution in [3.05, 3.63) is 0 Å². The topological polar surface area (TPSA) is 52.6 Å². The quantitative estimate of drug-likeness (QED) is 0.682. The molecule has 0 atom stereocenters. The summed E-state index contributed by atoms with van der Waals surface area (Å²) in [6.45, 7) is 11.1. The standard InChI is InChI=1S/C12H26N2O2/c1-5-7-14(9-10-15)8-6-13-11(16)12(2,3)4/h15H,5-10H2,1-4H3,(H,13,16). The molecule has 0 aliphatic carbocycles. The Hall–Kier alpha value is -0.610. The van der Waals surface area contributed by atoms with E-state index in [1.165, 1.54) is 0 Å². The lowest BCUT2D eigenvalue weighted by molar-refractivity contribution is -0.128. The number of carbonyl (C=O) groups excluding carboxylic acids is 1. The van der Waals surface area contributed by atoms with Crippen molar-refractivity contribution in [2.24, 2.45) is 5.41 Å². The van der Waals surface area contributed by atoms with Gasteiger partial charge in [-0.2, -0.15) is 0 Å². The van der Waals surface area contributed by atoms with Crippen LogP contribution in [-0.4, -0.2) is 48.7 Å². The summed E-state index contributed by atoms with van der Waals surface area (Å²) in [5.74, 6) is 0.0768. The molecule has 0 saturated heterocycles. The van der Waals surface area contributed by atoms with Crippen molar-refractivity contribution in [3.63, 3.8) is 0 Å². The van der Waals surface area contributed by atoms with Crippen molar-refractivity contribution in [3.8, 4) is 0 Å². The van der Waals surface area contributed by atoms with Gasteiger partial charge in [-0.25, -0.2) is 0 Å². The molecule has 0 rings (SSSR count). The summed E-state index contributed by atoms with van der Waals surface area (Å²) in [5, 5.41) is 11.8. The second-order valence-electron chi connectivity index (χ2n) is 5.07. The zero-order valence-electron chi connectivity index (χ0n) is 11.0. The highest BCUT2D eigenvalue weighted by Gasteiger charge is 2.20. The summed E-state index contributed by atoms with van der Waals surface area (Å²) in [4.78, 5) is 13.7. The predicted octanol–water partition coefficient (Wildman–Crippen LogP) is 0.853. The number of aliphatic hydroxyl groups excluding tert-OH is 1. The molecule has 0 aliphatic heterocycles. The molecular formula is C12H26N2O2. The van der Waals surface area contributed by atoms with Crippen molar-refractivity contribution in [2.75, 3.05) is 32.8 Å². The van der Waals surface area contributed by atoms with Crippen molar-refractivity contribution < 1.29 is 9.90 Å². The number of amides is 1. The molecule has 1 amide bonds. The summed E-state index contributed by atoms with van der Waals surface area (Å²) in [6, 6.07) is 0. The molecule has 0 fully saturated rings. The fourth-order valence-corrected chi connectivity index (χ4v) is 1.39. The average Bonchev–Trinajstić information content (AvgIpc) is 2.16. The summed E-state index contributed by atoms with van der Waals surface area (Å²) >= 11 is 0. The van der Waals surface area contributed by atoms with Crippen LogP contribution in [0.15, 0.2) is 0 Å². The van der Waals surface area contributed by atoms with Crippen LogP contribution in [0.25, 0.3) is 0 Å². The van der Waals surface area contributed by atoms with E-state index in [1.807, 2.05) is 20.8 Å². The van der Waals surface area contributed by atoms with Crippen molar-refractivity contribution in [2.45, 2.75) is 34.1 Å². The highest BCUT2D eigenvalue weighted by atomic mass is 16.3. The third-order valence-corrected chi connectivity index (χ3v) is 2.35. The molecule has 0 aromatic rings. The van der Waals surface area contributed by atoms with E-state index >= 15 is 0 Å². The molecule has 0 radical (unpaired) electrons. The number of carbonyl (C=O) groups is 1. The van der Waals surface area contributed by atoms with Gasteiger partial charge in [0.05, 0.1) is 6.61 Å². The van der Waals surface area contributed by atoms with Crippen LogP contribution in [0.1, 0.15) is 34.1 Å². The molecule has 16 heavy (non-hydrogen) atoms. The first-order valence-corrected chi connectivity index (χ1v) is 6.03. The summed E-state index contributed by atoms with van der Waals surface area (Å²) < 4.78 is 0. The third kappa shape index (κ3) is 6.80. The molecule has 0 spiro atoms. The van der Waals surface area contributed by atoms with E-state index < -0.39 is 0 Å². The molecule has 0 saturated carbocycles. The molecule has 0 heterocycles. The van der Waals surface area contributed by atoms with Crippen molar-refractivity contribution >= 4 is 5.91 Å². The highest BCUT2D eigenvalue weighted by Crippen LogP contribution is 2.11. The molecule has 0 aromatic heterocycles. The summed E-state index contributed by atoms with van der Waals surface area (Å²) in [6.07, 6.45) is 1.06. The largest absolute Gasteiger partial charge is 0.395 e. The second-order valence-corrected chi connectivity index (χ2v) is 5.07. The number of nitrogens with one attached hydrogen (secondary N) is 1. The first-order chi connectivity index (χ1) is 7.41.